The van der Waals surface area contributed by atoms with Crippen LogP contribution in [-0.4, -0.2) is 117 Å². The zero-order valence-electron chi connectivity index (χ0n) is 27.5. The number of nitrogens with one attached hydrogen (secondary N) is 1. The van der Waals surface area contributed by atoms with E-state index in [0.717, 1.165) is 5.69 Å². The number of methoxy groups -OCH3 is 1. The molecule has 46 heavy (non-hydrogen) atoms. The number of aliphatic hydroxyl groups excluding tert-OH is 1. The van der Waals surface area contributed by atoms with Gasteiger partial charge in [-0.1, -0.05) is 26.0 Å². The van der Waals surface area contributed by atoms with E-state index < -0.39 is 24.3 Å². The maximum Gasteiger partial charge on any atom is 0.410 e. The van der Waals surface area contributed by atoms with Gasteiger partial charge in [-0.25, -0.2) is 9.18 Å². The fourth-order valence-corrected chi connectivity index (χ4v) is 6.11. The lowest BCUT2D eigenvalue weighted by Crippen LogP contribution is -2.48. The van der Waals surface area contributed by atoms with Gasteiger partial charge in [0.2, 0.25) is 0 Å². The second-order valence-electron chi connectivity index (χ2n) is 12.6. The molecule has 11 nitrogen and oxygen atoms in total. The number of esters is 2. The van der Waals surface area contributed by atoms with Gasteiger partial charge in [-0.15, -0.1) is 0 Å². The summed E-state index contributed by atoms with van der Waals surface area (Å²) in [6.45, 7) is 11.1. The minimum atomic E-state index is -0.887. The normalized spacial score (nSPS) is 28.0. The summed E-state index contributed by atoms with van der Waals surface area (Å²) in [6, 6.07) is 4.83. The largest absolute Gasteiger partial charge is 0.468 e. The predicted molar refractivity (Wildman–Crippen MR) is 173 cm³/mol. The van der Waals surface area contributed by atoms with E-state index in [-0.39, 0.29) is 42.7 Å². The van der Waals surface area contributed by atoms with Crippen LogP contribution in [0, 0.1) is 17.7 Å². The molecular formula is C34H49FN4O7. The van der Waals surface area contributed by atoms with Crippen LogP contribution in [0.5, 0.6) is 0 Å². The Morgan fingerprint density at radius 3 is 2.48 bits per heavy atom. The molecule has 3 aliphatic heterocycles. The van der Waals surface area contributed by atoms with E-state index in [0.29, 0.717) is 76.3 Å². The van der Waals surface area contributed by atoms with Crippen LogP contribution in [0.25, 0.3) is 6.08 Å². The zero-order valence-corrected chi connectivity index (χ0v) is 27.5. The number of cyclic esters (lactones) is 1. The van der Waals surface area contributed by atoms with Crippen molar-refractivity contribution in [2.45, 2.75) is 58.3 Å². The third kappa shape index (κ3) is 10.3. The van der Waals surface area contributed by atoms with Gasteiger partial charge in [0.15, 0.2) is 0 Å². The van der Waals surface area contributed by atoms with E-state index in [1.54, 1.807) is 4.90 Å². The molecule has 3 aliphatic rings. The van der Waals surface area contributed by atoms with Crippen LogP contribution in [-0.2, 0) is 23.8 Å². The van der Waals surface area contributed by atoms with E-state index in [2.05, 4.69) is 10.2 Å². The number of piperazine rings is 2. The van der Waals surface area contributed by atoms with Crippen LogP contribution < -0.4 is 10.2 Å². The van der Waals surface area contributed by atoms with Gasteiger partial charge in [-0.2, -0.15) is 0 Å². The van der Waals surface area contributed by atoms with Gasteiger partial charge in [0.25, 0.3) is 0 Å². The molecule has 0 bridgehead atoms. The SMILES string of the molecule is COC(=O)CN1CCN(c2cc(F)cc(/C=C(\C)[C@H]3OC(=O)C[C@H](O)CC[C@H](C)[C@H](OC(=O)N4CCNCC4)/C=C/[C@@H]3C)c2)CC1. The number of anilines is 1. The molecule has 254 valence electrons. The van der Waals surface area contributed by atoms with Gasteiger partial charge >= 0.3 is 18.0 Å². The van der Waals surface area contributed by atoms with Gasteiger partial charge in [-0.05, 0) is 61.1 Å². The summed E-state index contributed by atoms with van der Waals surface area (Å²) in [6.07, 6.45) is 3.90. The molecule has 5 atom stereocenters. The standard InChI is InChI=1S/C34H49FN4O7/c1-23-5-7-29(40)21-31(41)46-33(24(2)6-8-30(23)45-34(43)39-11-9-36-10-12-39)25(3)17-26-18-27(35)20-28(19-26)38-15-13-37(14-16-38)22-32(42)44-4/h6,8,17-20,23-24,29-30,33,36,40H,5,7,9-16,21-22H2,1-4H3/b8-6+,25-17+/t23-,24-,29+,30+,33-/m0/s1. The monoisotopic (exact) mass is 644 g/mol. The highest BCUT2D eigenvalue weighted by atomic mass is 19.1. The third-order valence-electron chi connectivity index (χ3n) is 8.94. The number of carbonyl (C=O) groups excluding carboxylic acids is 3. The topological polar surface area (TPSA) is 121 Å². The molecule has 1 amide bonds. The summed E-state index contributed by atoms with van der Waals surface area (Å²) in [5.41, 5.74) is 2.06. The molecule has 3 heterocycles. The first-order chi connectivity index (χ1) is 22.0. The lowest BCUT2D eigenvalue weighted by Gasteiger charge is -2.35. The van der Waals surface area contributed by atoms with Crippen LogP contribution in [0.1, 0.15) is 45.6 Å². The highest BCUT2D eigenvalue weighted by Gasteiger charge is 2.29. The number of halogens is 1. The quantitative estimate of drug-likeness (QED) is 0.271. The second-order valence-corrected chi connectivity index (χ2v) is 12.6. The molecule has 0 unspecified atom stereocenters. The fourth-order valence-electron chi connectivity index (χ4n) is 6.11. The molecule has 2 fully saturated rings. The average molecular weight is 645 g/mol. The maximum atomic E-state index is 14.9. The minimum absolute atomic E-state index is 0.0800. The van der Waals surface area contributed by atoms with Crippen LogP contribution in [0.2, 0.25) is 0 Å². The van der Waals surface area contributed by atoms with Crippen molar-refractivity contribution in [2.75, 3.05) is 70.9 Å². The van der Waals surface area contributed by atoms with Crippen LogP contribution in [0.15, 0.2) is 35.9 Å². The van der Waals surface area contributed by atoms with Crippen LogP contribution >= 0.6 is 0 Å². The Bertz CT molecular complexity index is 1260. The van der Waals surface area contributed by atoms with Crippen molar-refractivity contribution >= 4 is 29.8 Å². The molecule has 0 spiro atoms. The fraction of sp³-hybridized carbons (Fsp3) is 0.618. The number of amides is 1. The number of aliphatic hydroxyl groups is 1. The summed E-state index contributed by atoms with van der Waals surface area (Å²) in [7, 11) is 1.37. The molecule has 2 saturated heterocycles. The van der Waals surface area contributed by atoms with Gasteiger partial charge < -0.3 is 34.4 Å². The van der Waals surface area contributed by atoms with Crippen LogP contribution in [0.4, 0.5) is 14.9 Å². The summed E-state index contributed by atoms with van der Waals surface area (Å²) in [5, 5.41) is 13.8. The average Bonchev–Trinajstić information content (AvgIpc) is 3.04. The Labute approximate surface area is 271 Å². The first-order valence-electron chi connectivity index (χ1n) is 16.3. The van der Waals surface area contributed by atoms with E-state index in [4.69, 9.17) is 14.2 Å². The van der Waals surface area contributed by atoms with Crippen molar-refractivity contribution in [3.63, 3.8) is 0 Å². The molecule has 0 aliphatic carbocycles. The van der Waals surface area contributed by atoms with Gasteiger partial charge in [0.05, 0.1) is 26.2 Å². The highest BCUT2D eigenvalue weighted by molar-refractivity contribution is 5.72. The molecule has 1 aromatic rings. The Hall–Kier alpha value is -3.48. The Morgan fingerprint density at radius 1 is 1.07 bits per heavy atom. The Kier molecular flexibility index (Phi) is 13.0. The number of carbonyl (C=O) groups is 3. The lowest BCUT2D eigenvalue weighted by molar-refractivity contribution is -0.151. The summed E-state index contributed by atoms with van der Waals surface area (Å²) in [5.74, 6) is -1.56. The number of hydrogen-bond donors (Lipinski definition) is 2. The minimum Gasteiger partial charge on any atom is -0.468 e. The Balaban J connectivity index is 1.52. The molecular weight excluding hydrogens is 595 g/mol. The number of rotatable bonds is 6. The first-order valence-corrected chi connectivity index (χ1v) is 16.3. The van der Waals surface area contributed by atoms with Gasteiger partial charge in [0.1, 0.15) is 18.0 Å². The number of hydrogen-bond acceptors (Lipinski definition) is 10. The van der Waals surface area contributed by atoms with Crippen molar-refractivity contribution < 1.29 is 38.1 Å². The van der Waals surface area contributed by atoms with Gasteiger partial charge in [0, 0.05) is 64.0 Å². The molecule has 1 aromatic carbocycles. The summed E-state index contributed by atoms with van der Waals surface area (Å²) >= 11 is 0. The molecule has 0 aromatic heterocycles. The Morgan fingerprint density at radius 2 is 1.78 bits per heavy atom. The molecule has 0 radical (unpaired) electrons. The summed E-state index contributed by atoms with van der Waals surface area (Å²) < 4.78 is 31.5. The van der Waals surface area contributed by atoms with E-state index in [1.807, 2.05) is 50.0 Å². The zero-order chi connectivity index (χ0) is 33.2. The number of nitrogens with zero attached hydrogens (tertiary/aromatic N) is 3. The van der Waals surface area contributed by atoms with E-state index in [9.17, 15) is 23.9 Å². The van der Waals surface area contributed by atoms with Crippen molar-refractivity contribution in [2.24, 2.45) is 11.8 Å². The van der Waals surface area contributed by atoms with Crippen molar-refractivity contribution in [3.05, 3.63) is 47.3 Å². The van der Waals surface area contributed by atoms with E-state index >= 15 is 0 Å². The molecule has 12 heteroatoms. The number of ether oxygens (including phenoxy) is 3. The second kappa shape index (κ2) is 16.9. The van der Waals surface area contributed by atoms with Crippen molar-refractivity contribution in [1.82, 2.24) is 15.1 Å². The molecule has 0 saturated carbocycles. The van der Waals surface area contributed by atoms with Crippen molar-refractivity contribution in [3.8, 4) is 0 Å². The molecule has 2 N–H and O–H groups in total. The van der Waals surface area contributed by atoms with Gasteiger partial charge in [-0.3, -0.25) is 14.5 Å². The third-order valence-corrected chi connectivity index (χ3v) is 8.94. The number of benzene rings is 1. The molecule has 4 rings (SSSR count). The van der Waals surface area contributed by atoms with Crippen LogP contribution in [0.3, 0.4) is 0 Å². The maximum absolute atomic E-state index is 14.9. The van der Waals surface area contributed by atoms with Crippen molar-refractivity contribution in [1.29, 1.82) is 0 Å². The first kappa shape index (κ1) is 35.4. The highest BCUT2D eigenvalue weighted by Crippen LogP contribution is 2.27. The van der Waals surface area contributed by atoms with E-state index in [1.165, 1.54) is 19.2 Å². The predicted octanol–water partition coefficient (Wildman–Crippen LogP) is 3.22. The lowest BCUT2D eigenvalue weighted by atomic mass is 9.91. The smallest absolute Gasteiger partial charge is 0.410 e. The summed E-state index contributed by atoms with van der Waals surface area (Å²) in [4.78, 5) is 43.3.